The van der Waals surface area contributed by atoms with Crippen LogP contribution in [0, 0.1) is 10.1 Å². The number of alkyl halides is 3. The molecule has 0 radical (unpaired) electrons. The third-order valence-corrected chi connectivity index (χ3v) is 1.95. The van der Waals surface area contributed by atoms with E-state index < -0.39 is 39.9 Å². The lowest BCUT2D eigenvalue weighted by atomic mass is 10.1. The molecule has 19 heavy (non-hydrogen) atoms. The van der Waals surface area contributed by atoms with Gasteiger partial charge in [0.25, 0.3) is 5.69 Å². The van der Waals surface area contributed by atoms with Crippen LogP contribution in [0.4, 0.5) is 24.5 Å². The molecular formula is C9H5F3N2O5. The Labute approximate surface area is 102 Å². The molecule has 1 aromatic rings. The molecule has 10 heteroatoms. The maximum absolute atomic E-state index is 12.6. The average Bonchev–Trinajstić information content (AvgIpc) is 2.27. The van der Waals surface area contributed by atoms with Crippen LogP contribution >= 0.6 is 0 Å². The van der Waals surface area contributed by atoms with Crippen molar-refractivity contribution in [3.05, 3.63) is 33.9 Å². The predicted octanol–water partition coefficient (Wildman–Crippen LogP) is 1.64. The van der Waals surface area contributed by atoms with Crippen LogP contribution in [0.2, 0.25) is 0 Å². The van der Waals surface area contributed by atoms with Crippen LogP contribution in [0.15, 0.2) is 18.2 Å². The highest BCUT2D eigenvalue weighted by Gasteiger charge is 2.38. The first kappa shape index (κ1) is 14.4. The highest BCUT2D eigenvalue weighted by atomic mass is 19.4. The fraction of sp³-hybridized carbons (Fsp3) is 0.111. The molecule has 0 aromatic heterocycles. The fourth-order valence-corrected chi connectivity index (χ4v) is 1.18. The minimum absolute atomic E-state index is 0.291. The number of nitro benzene ring substituents is 1. The predicted molar refractivity (Wildman–Crippen MR) is 54.4 cm³/mol. The Bertz CT molecular complexity index is 555. The number of nitro groups is 1. The molecular weight excluding hydrogens is 273 g/mol. The topological polar surface area (TPSA) is 110 Å². The van der Waals surface area contributed by atoms with Crippen molar-refractivity contribution >= 4 is 23.3 Å². The number of carbonyl (C=O) groups excluding carboxylic acids is 1. The summed E-state index contributed by atoms with van der Waals surface area (Å²) in [6, 6.07) is 1.62. The Morgan fingerprint density at radius 1 is 1.32 bits per heavy atom. The Morgan fingerprint density at radius 3 is 2.32 bits per heavy atom. The van der Waals surface area contributed by atoms with Gasteiger partial charge in [0.15, 0.2) is 0 Å². The molecule has 102 valence electrons. The summed E-state index contributed by atoms with van der Waals surface area (Å²) in [6.07, 6.45) is -5.01. The van der Waals surface area contributed by atoms with E-state index >= 15 is 0 Å². The molecule has 1 amide bonds. The van der Waals surface area contributed by atoms with E-state index in [2.05, 4.69) is 0 Å². The van der Waals surface area contributed by atoms with Crippen molar-refractivity contribution in [3.63, 3.8) is 0 Å². The van der Waals surface area contributed by atoms with Gasteiger partial charge < -0.3 is 10.4 Å². The first-order valence-corrected chi connectivity index (χ1v) is 4.53. The molecule has 1 aromatic carbocycles. The number of nitrogens with one attached hydrogen (secondary N) is 1. The zero-order valence-corrected chi connectivity index (χ0v) is 8.89. The van der Waals surface area contributed by atoms with Gasteiger partial charge in [0.2, 0.25) is 0 Å². The van der Waals surface area contributed by atoms with E-state index in [1.165, 1.54) is 0 Å². The van der Waals surface area contributed by atoms with Crippen LogP contribution in [-0.2, 0) is 15.8 Å². The first-order chi connectivity index (χ1) is 8.62. The van der Waals surface area contributed by atoms with Crippen molar-refractivity contribution in [1.29, 1.82) is 0 Å². The standard InChI is InChI=1S/C9H5F3N2O5/c10-9(11,12)5-3-4(13-7(15)8(16)17)1-2-6(5)14(18)19/h1-3H,(H,13,15)(H,16,17). The zero-order chi connectivity index (χ0) is 14.8. The Hall–Kier alpha value is -2.65. The van der Waals surface area contributed by atoms with Crippen LogP contribution in [0.5, 0.6) is 0 Å². The quantitative estimate of drug-likeness (QED) is 0.485. The molecule has 0 unspecified atom stereocenters. The average molecular weight is 278 g/mol. The van der Waals surface area contributed by atoms with Crippen molar-refractivity contribution in [3.8, 4) is 0 Å². The monoisotopic (exact) mass is 278 g/mol. The number of carboxylic acids is 1. The largest absolute Gasteiger partial charge is 0.474 e. The third kappa shape index (κ3) is 3.40. The number of hydrogen-bond donors (Lipinski definition) is 2. The minimum atomic E-state index is -5.01. The number of halogens is 3. The molecule has 0 saturated carbocycles. The minimum Gasteiger partial charge on any atom is -0.474 e. The number of anilines is 1. The van der Waals surface area contributed by atoms with E-state index in [4.69, 9.17) is 5.11 Å². The molecule has 0 aliphatic heterocycles. The van der Waals surface area contributed by atoms with Gasteiger partial charge in [-0.2, -0.15) is 13.2 Å². The molecule has 0 bridgehead atoms. The molecule has 7 nitrogen and oxygen atoms in total. The van der Waals surface area contributed by atoms with Crippen molar-refractivity contribution in [2.75, 3.05) is 5.32 Å². The van der Waals surface area contributed by atoms with Gasteiger partial charge in [-0.3, -0.25) is 14.9 Å². The second-order valence-electron chi connectivity index (χ2n) is 3.25. The molecule has 0 fully saturated rings. The van der Waals surface area contributed by atoms with Crippen LogP contribution in [-0.4, -0.2) is 21.9 Å². The van der Waals surface area contributed by atoms with Gasteiger partial charge in [-0.05, 0) is 12.1 Å². The molecule has 0 saturated heterocycles. The highest BCUT2D eigenvalue weighted by Crippen LogP contribution is 2.37. The maximum atomic E-state index is 12.6. The van der Waals surface area contributed by atoms with Crippen molar-refractivity contribution in [2.45, 2.75) is 6.18 Å². The van der Waals surface area contributed by atoms with Gasteiger partial charge in [0.1, 0.15) is 5.56 Å². The Balaban J connectivity index is 3.23. The number of carboxylic acid groups (broad SMARTS) is 1. The number of rotatable bonds is 2. The molecule has 0 heterocycles. The third-order valence-electron chi connectivity index (χ3n) is 1.95. The molecule has 0 aliphatic carbocycles. The summed E-state index contributed by atoms with van der Waals surface area (Å²) < 4.78 is 37.7. The summed E-state index contributed by atoms with van der Waals surface area (Å²) in [7, 11) is 0. The van der Waals surface area contributed by atoms with Gasteiger partial charge in [-0.25, -0.2) is 4.79 Å². The number of hydrogen-bond acceptors (Lipinski definition) is 4. The second kappa shape index (κ2) is 4.92. The molecule has 0 aliphatic rings. The highest BCUT2D eigenvalue weighted by molar-refractivity contribution is 6.36. The summed E-state index contributed by atoms with van der Waals surface area (Å²) in [6.45, 7) is 0. The van der Waals surface area contributed by atoms with E-state index in [-0.39, 0.29) is 0 Å². The molecule has 2 N–H and O–H groups in total. The summed E-state index contributed by atoms with van der Waals surface area (Å²) in [5, 5.41) is 20.4. The summed E-state index contributed by atoms with van der Waals surface area (Å²) in [5.41, 5.74) is -3.29. The lowest BCUT2D eigenvalue weighted by molar-refractivity contribution is -0.388. The number of aliphatic carboxylic acids is 1. The number of carbonyl (C=O) groups is 2. The normalized spacial score (nSPS) is 10.9. The van der Waals surface area contributed by atoms with Crippen LogP contribution in [0.25, 0.3) is 0 Å². The zero-order valence-electron chi connectivity index (χ0n) is 8.89. The van der Waals surface area contributed by atoms with Gasteiger partial charge in [-0.15, -0.1) is 0 Å². The van der Waals surface area contributed by atoms with E-state index in [9.17, 15) is 32.9 Å². The number of benzene rings is 1. The van der Waals surface area contributed by atoms with Crippen molar-refractivity contribution in [1.82, 2.24) is 0 Å². The van der Waals surface area contributed by atoms with E-state index in [1.54, 1.807) is 5.32 Å². The van der Waals surface area contributed by atoms with E-state index in [0.717, 1.165) is 6.07 Å². The fourth-order valence-electron chi connectivity index (χ4n) is 1.18. The van der Waals surface area contributed by atoms with Gasteiger partial charge in [0, 0.05) is 11.8 Å². The maximum Gasteiger partial charge on any atom is 0.423 e. The molecule has 0 spiro atoms. The van der Waals surface area contributed by atoms with Gasteiger partial charge in [0.05, 0.1) is 4.92 Å². The van der Waals surface area contributed by atoms with Crippen molar-refractivity contribution < 1.29 is 32.8 Å². The Morgan fingerprint density at radius 2 is 1.89 bits per heavy atom. The SMILES string of the molecule is O=C(O)C(=O)Nc1ccc([N+](=O)[O-])c(C(F)(F)F)c1. The number of amides is 1. The van der Waals surface area contributed by atoms with E-state index in [0.29, 0.717) is 12.1 Å². The van der Waals surface area contributed by atoms with Crippen LogP contribution in [0.1, 0.15) is 5.56 Å². The van der Waals surface area contributed by atoms with Crippen molar-refractivity contribution in [2.24, 2.45) is 0 Å². The summed E-state index contributed by atoms with van der Waals surface area (Å²) in [4.78, 5) is 30.2. The lowest BCUT2D eigenvalue weighted by Crippen LogP contribution is -2.22. The summed E-state index contributed by atoms with van der Waals surface area (Å²) in [5.74, 6) is -3.45. The number of nitrogens with zero attached hydrogens (tertiary/aromatic N) is 1. The van der Waals surface area contributed by atoms with Crippen LogP contribution in [0.3, 0.4) is 0 Å². The first-order valence-electron chi connectivity index (χ1n) is 4.53. The molecule has 1 rings (SSSR count). The second-order valence-corrected chi connectivity index (χ2v) is 3.25. The van der Waals surface area contributed by atoms with E-state index in [1.807, 2.05) is 0 Å². The van der Waals surface area contributed by atoms with Crippen LogP contribution < -0.4 is 5.32 Å². The smallest absolute Gasteiger partial charge is 0.423 e. The van der Waals surface area contributed by atoms with Gasteiger partial charge >= 0.3 is 18.1 Å². The lowest BCUT2D eigenvalue weighted by Gasteiger charge is -2.09. The van der Waals surface area contributed by atoms with Gasteiger partial charge in [-0.1, -0.05) is 0 Å². The summed E-state index contributed by atoms with van der Waals surface area (Å²) >= 11 is 0. The molecule has 0 atom stereocenters. The Kier molecular flexibility index (Phi) is 3.73.